The van der Waals surface area contributed by atoms with Gasteiger partial charge in [-0.25, -0.2) is 13.1 Å². The SMILES string of the molecule is CC1CCC(CCNS(=O)(=O)c2ccsc2CN)CC1. The summed E-state index contributed by atoms with van der Waals surface area (Å²) in [6, 6.07) is 1.64. The first-order valence-corrected chi connectivity index (χ1v) is 9.65. The number of hydrogen-bond donors (Lipinski definition) is 2. The molecular formula is C14H24N2O2S2. The topological polar surface area (TPSA) is 72.2 Å². The average Bonchev–Trinajstić information content (AvgIpc) is 2.90. The second-order valence-corrected chi connectivity index (χ2v) is 8.46. The monoisotopic (exact) mass is 316 g/mol. The molecule has 0 bridgehead atoms. The lowest BCUT2D eigenvalue weighted by atomic mass is 9.81. The normalized spacial score (nSPS) is 23.9. The summed E-state index contributed by atoms with van der Waals surface area (Å²) in [6.07, 6.45) is 5.96. The molecule has 1 aromatic heterocycles. The molecule has 0 amide bonds. The Morgan fingerprint density at radius 1 is 1.35 bits per heavy atom. The molecule has 0 unspecified atom stereocenters. The van der Waals surface area contributed by atoms with Crippen LogP contribution in [-0.2, 0) is 16.6 Å². The van der Waals surface area contributed by atoms with E-state index in [0.29, 0.717) is 17.4 Å². The largest absolute Gasteiger partial charge is 0.326 e. The molecule has 20 heavy (non-hydrogen) atoms. The van der Waals surface area contributed by atoms with Gasteiger partial charge in [-0.05, 0) is 29.7 Å². The van der Waals surface area contributed by atoms with E-state index >= 15 is 0 Å². The van der Waals surface area contributed by atoms with Gasteiger partial charge in [-0.2, -0.15) is 0 Å². The number of hydrogen-bond acceptors (Lipinski definition) is 4. The Morgan fingerprint density at radius 3 is 2.70 bits per heavy atom. The number of nitrogens with two attached hydrogens (primary N) is 1. The smallest absolute Gasteiger partial charge is 0.241 e. The van der Waals surface area contributed by atoms with Gasteiger partial charge < -0.3 is 5.73 Å². The lowest BCUT2D eigenvalue weighted by Gasteiger charge is -2.26. The third-order valence-corrected chi connectivity index (χ3v) is 6.78. The summed E-state index contributed by atoms with van der Waals surface area (Å²) < 4.78 is 27.1. The number of sulfonamides is 1. The first-order valence-electron chi connectivity index (χ1n) is 7.29. The minimum atomic E-state index is -3.39. The van der Waals surface area contributed by atoms with Gasteiger partial charge in [-0.3, -0.25) is 0 Å². The minimum Gasteiger partial charge on any atom is -0.326 e. The van der Waals surface area contributed by atoms with Crippen LogP contribution in [0.15, 0.2) is 16.3 Å². The number of nitrogens with one attached hydrogen (secondary N) is 1. The van der Waals surface area contributed by atoms with Crippen molar-refractivity contribution in [2.75, 3.05) is 6.54 Å². The molecule has 0 spiro atoms. The van der Waals surface area contributed by atoms with Gasteiger partial charge in [0.05, 0.1) is 4.90 Å². The van der Waals surface area contributed by atoms with Gasteiger partial charge in [0.25, 0.3) is 0 Å². The van der Waals surface area contributed by atoms with E-state index in [1.165, 1.54) is 37.0 Å². The van der Waals surface area contributed by atoms with Crippen molar-refractivity contribution in [2.24, 2.45) is 17.6 Å². The highest BCUT2D eigenvalue weighted by atomic mass is 32.2. The molecule has 0 atom stereocenters. The zero-order valence-corrected chi connectivity index (χ0v) is 13.6. The molecule has 0 aliphatic heterocycles. The van der Waals surface area contributed by atoms with Gasteiger partial charge in [-0.1, -0.05) is 32.6 Å². The van der Waals surface area contributed by atoms with Gasteiger partial charge in [0.1, 0.15) is 0 Å². The molecule has 1 saturated carbocycles. The lowest BCUT2D eigenvalue weighted by Crippen LogP contribution is -2.27. The average molecular weight is 316 g/mol. The molecule has 6 heteroatoms. The van der Waals surface area contributed by atoms with Gasteiger partial charge in [0.15, 0.2) is 0 Å². The predicted molar refractivity (Wildman–Crippen MR) is 83.1 cm³/mol. The maximum absolute atomic E-state index is 12.2. The van der Waals surface area contributed by atoms with Gasteiger partial charge in [-0.15, -0.1) is 11.3 Å². The molecule has 1 fully saturated rings. The van der Waals surface area contributed by atoms with Gasteiger partial charge in [0.2, 0.25) is 10.0 Å². The Morgan fingerprint density at radius 2 is 2.05 bits per heavy atom. The summed E-state index contributed by atoms with van der Waals surface area (Å²) in [6.45, 7) is 3.10. The molecule has 0 saturated heterocycles. The van der Waals surface area contributed by atoms with Crippen LogP contribution in [0, 0.1) is 11.8 Å². The molecule has 2 rings (SSSR count). The molecule has 114 valence electrons. The molecule has 1 heterocycles. The lowest BCUT2D eigenvalue weighted by molar-refractivity contribution is 0.278. The van der Waals surface area contributed by atoms with Crippen molar-refractivity contribution in [1.82, 2.24) is 4.72 Å². The van der Waals surface area contributed by atoms with Crippen molar-refractivity contribution in [3.05, 3.63) is 16.3 Å². The number of rotatable bonds is 6. The maximum atomic E-state index is 12.2. The third kappa shape index (κ3) is 4.04. The second-order valence-electron chi connectivity index (χ2n) is 5.72. The molecule has 1 aliphatic carbocycles. The highest BCUT2D eigenvalue weighted by molar-refractivity contribution is 7.89. The van der Waals surface area contributed by atoms with Crippen LogP contribution < -0.4 is 10.5 Å². The standard InChI is InChI=1S/C14H24N2O2S2/c1-11-2-4-12(5-3-11)6-8-16-20(17,18)14-7-9-19-13(14)10-15/h7,9,11-12,16H,2-6,8,10,15H2,1H3. The first-order chi connectivity index (χ1) is 9.53. The van der Waals surface area contributed by atoms with Crippen LogP contribution in [0.5, 0.6) is 0 Å². The number of thiophene rings is 1. The molecule has 3 N–H and O–H groups in total. The van der Waals surface area contributed by atoms with Crippen molar-refractivity contribution in [2.45, 2.75) is 50.5 Å². The van der Waals surface area contributed by atoms with Crippen molar-refractivity contribution in [3.63, 3.8) is 0 Å². The Balaban J connectivity index is 1.84. The molecule has 1 aromatic rings. The van der Waals surface area contributed by atoms with E-state index in [2.05, 4.69) is 11.6 Å². The van der Waals surface area contributed by atoms with Crippen molar-refractivity contribution >= 4 is 21.4 Å². The summed E-state index contributed by atoms with van der Waals surface area (Å²) in [4.78, 5) is 1.08. The fraction of sp³-hybridized carbons (Fsp3) is 0.714. The van der Waals surface area contributed by atoms with E-state index in [0.717, 1.165) is 17.2 Å². The summed E-state index contributed by atoms with van der Waals surface area (Å²) >= 11 is 1.39. The van der Waals surface area contributed by atoms with Crippen LogP contribution in [0.4, 0.5) is 0 Å². The summed E-state index contributed by atoms with van der Waals surface area (Å²) in [7, 11) is -3.39. The highest BCUT2D eigenvalue weighted by Crippen LogP contribution is 2.30. The molecule has 4 nitrogen and oxygen atoms in total. The Kier molecular flexibility index (Phi) is 5.60. The van der Waals surface area contributed by atoms with E-state index < -0.39 is 10.0 Å². The fourth-order valence-corrected chi connectivity index (χ4v) is 5.19. The molecule has 0 radical (unpaired) electrons. The van der Waals surface area contributed by atoms with Crippen molar-refractivity contribution < 1.29 is 8.42 Å². The van der Waals surface area contributed by atoms with Crippen LogP contribution >= 0.6 is 11.3 Å². The van der Waals surface area contributed by atoms with E-state index in [1.54, 1.807) is 11.4 Å². The van der Waals surface area contributed by atoms with Crippen molar-refractivity contribution in [3.8, 4) is 0 Å². The summed E-state index contributed by atoms with van der Waals surface area (Å²) in [5, 5.41) is 1.78. The zero-order chi connectivity index (χ0) is 14.6. The first kappa shape index (κ1) is 15.9. The third-order valence-electron chi connectivity index (χ3n) is 4.16. The van der Waals surface area contributed by atoms with Crippen LogP contribution in [0.1, 0.15) is 43.9 Å². The maximum Gasteiger partial charge on any atom is 0.241 e. The summed E-state index contributed by atoms with van der Waals surface area (Å²) in [5.74, 6) is 1.51. The fourth-order valence-electron chi connectivity index (χ4n) is 2.81. The molecule has 0 aromatic carbocycles. The van der Waals surface area contributed by atoms with E-state index in [4.69, 9.17) is 5.73 Å². The Labute approximate surface area is 125 Å². The van der Waals surface area contributed by atoms with Gasteiger partial charge in [0, 0.05) is 18.0 Å². The van der Waals surface area contributed by atoms with E-state index in [1.807, 2.05) is 0 Å². The predicted octanol–water partition coefficient (Wildman–Crippen LogP) is 2.70. The molecular weight excluding hydrogens is 292 g/mol. The second kappa shape index (κ2) is 7.02. The quantitative estimate of drug-likeness (QED) is 0.847. The van der Waals surface area contributed by atoms with Crippen LogP contribution in [0.25, 0.3) is 0 Å². The van der Waals surface area contributed by atoms with Gasteiger partial charge >= 0.3 is 0 Å². The van der Waals surface area contributed by atoms with Crippen LogP contribution in [0.2, 0.25) is 0 Å². The van der Waals surface area contributed by atoms with Crippen LogP contribution in [-0.4, -0.2) is 15.0 Å². The molecule has 1 aliphatic rings. The van der Waals surface area contributed by atoms with E-state index in [9.17, 15) is 8.42 Å². The van der Waals surface area contributed by atoms with E-state index in [-0.39, 0.29) is 6.54 Å². The minimum absolute atomic E-state index is 0.272. The Bertz CT molecular complexity index is 517. The zero-order valence-electron chi connectivity index (χ0n) is 12.0. The summed E-state index contributed by atoms with van der Waals surface area (Å²) in [5.41, 5.74) is 5.57. The van der Waals surface area contributed by atoms with Crippen molar-refractivity contribution in [1.29, 1.82) is 0 Å². The Hall–Kier alpha value is -0.430. The van der Waals surface area contributed by atoms with Crippen LogP contribution in [0.3, 0.4) is 0 Å². The highest BCUT2D eigenvalue weighted by Gasteiger charge is 2.21.